The third-order valence-electron chi connectivity index (χ3n) is 3.95. The number of amides is 1. The molecule has 1 amide bonds. The summed E-state index contributed by atoms with van der Waals surface area (Å²) in [5.41, 5.74) is 0.387. The molecule has 0 bridgehead atoms. The number of aryl methyl sites for hydroxylation is 1. The molecule has 0 aliphatic heterocycles. The molecule has 0 aliphatic rings. The van der Waals surface area contributed by atoms with E-state index in [2.05, 4.69) is 10.3 Å². The molecule has 10 heteroatoms. The van der Waals surface area contributed by atoms with E-state index in [9.17, 15) is 26.4 Å². The Morgan fingerprint density at radius 1 is 1.10 bits per heavy atom. The number of sulfone groups is 1. The van der Waals surface area contributed by atoms with Gasteiger partial charge in [0.05, 0.1) is 16.8 Å². The first-order valence-electron chi connectivity index (χ1n) is 8.39. The number of nitrogens with zero attached hydrogens (tertiary/aromatic N) is 1. The van der Waals surface area contributed by atoms with E-state index in [0.717, 1.165) is 6.07 Å². The molecule has 3 aromatic rings. The highest BCUT2D eigenvalue weighted by molar-refractivity contribution is 7.91. The Hall–Kier alpha value is -3.14. The van der Waals surface area contributed by atoms with Crippen molar-refractivity contribution in [2.45, 2.75) is 23.5 Å². The molecule has 6 nitrogen and oxygen atoms in total. The molecular formula is C19H15F3N2O4S. The number of benzene rings is 2. The van der Waals surface area contributed by atoms with E-state index < -0.39 is 26.4 Å². The van der Waals surface area contributed by atoms with Crippen LogP contribution in [0.1, 0.15) is 12.3 Å². The van der Waals surface area contributed by atoms with Crippen LogP contribution in [0, 0.1) is 5.82 Å². The Morgan fingerprint density at radius 3 is 2.48 bits per heavy atom. The molecule has 1 N–H and O–H groups in total. The molecule has 3 rings (SSSR count). The Morgan fingerprint density at radius 2 is 1.79 bits per heavy atom. The minimum absolute atomic E-state index is 0.0940. The highest BCUT2D eigenvalue weighted by atomic mass is 32.2. The zero-order valence-electron chi connectivity index (χ0n) is 14.8. The highest BCUT2D eigenvalue weighted by Crippen LogP contribution is 2.26. The van der Waals surface area contributed by atoms with Crippen LogP contribution in [0.3, 0.4) is 0 Å². The first-order valence-corrected chi connectivity index (χ1v) is 9.93. The van der Waals surface area contributed by atoms with Gasteiger partial charge in [-0.3, -0.25) is 4.79 Å². The number of anilines is 1. The molecular weight excluding hydrogens is 409 g/mol. The van der Waals surface area contributed by atoms with E-state index >= 15 is 0 Å². The van der Waals surface area contributed by atoms with Crippen LogP contribution in [0.2, 0.25) is 0 Å². The van der Waals surface area contributed by atoms with E-state index in [1.165, 1.54) is 48.7 Å². The van der Waals surface area contributed by atoms with Crippen molar-refractivity contribution < 1.29 is 30.8 Å². The fraction of sp³-hybridized carbons (Fsp3) is 0.158. The maximum absolute atomic E-state index is 13.0. The molecule has 0 atom stereocenters. The van der Waals surface area contributed by atoms with E-state index in [-0.39, 0.29) is 30.2 Å². The Labute approximate surface area is 164 Å². The Kier molecular flexibility index (Phi) is 6.02. The molecule has 29 heavy (non-hydrogen) atoms. The lowest BCUT2D eigenvalue weighted by atomic mass is 10.2. The molecule has 0 aliphatic carbocycles. The lowest BCUT2D eigenvalue weighted by Gasteiger charge is -2.10. The summed E-state index contributed by atoms with van der Waals surface area (Å²) in [4.78, 5) is 15.5. The number of alkyl halides is 2. The van der Waals surface area contributed by atoms with Gasteiger partial charge < -0.3 is 9.73 Å². The number of oxazole rings is 1. The number of hydrogen-bond acceptors (Lipinski definition) is 5. The van der Waals surface area contributed by atoms with E-state index in [4.69, 9.17) is 4.42 Å². The molecule has 1 heterocycles. The van der Waals surface area contributed by atoms with Crippen LogP contribution >= 0.6 is 0 Å². The first-order chi connectivity index (χ1) is 13.8. The minimum atomic E-state index is -4.86. The van der Waals surface area contributed by atoms with Gasteiger partial charge in [0.15, 0.2) is 11.7 Å². The molecule has 0 radical (unpaired) electrons. The smallest absolute Gasteiger partial charge is 0.341 e. The maximum atomic E-state index is 13.0. The Balaban J connectivity index is 1.65. The second-order valence-electron chi connectivity index (χ2n) is 5.98. The number of para-hydroxylation sites is 1. The predicted octanol–water partition coefficient (Wildman–Crippen LogP) is 4.05. The van der Waals surface area contributed by atoms with Gasteiger partial charge in [0, 0.05) is 18.4 Å². The zero-order valence-corrected chi connectivity index (χ0v) is 15.6. The molecule has 152 valence electrons. The van der Waals surface area contributed by atoms with Crippen LogP contribution in [0.4, 0.5) is 18.9 Å². The van der Waals surface area contributed by atoms with Crippen molar-refractivity contribution >= 4 is 21.4 Å². The van der Waals surface area contributed by atoms with Crippen LogP contribution in [-0.4, -0.2) is 25.1 Å². The van der Waals surface area contributed by atoms with E-state index in [1.807, 2.05) is 0 Å². The molecule has 1 aromatic heterocycles. The molecule has 2 aromatic carbocycles. The van der Waals surface area contributed by atoms with Gasteiger partial charge in [-0.1, -0.05) is 12.1 Å². The van der Waals surface area contributed by atoms with Gasteiger partial charge in [-0.25, -0.2) is 17.8 Å². The standard InChI is InChI=1S/C19H15F3N2O4S/c20-13-7-5-12(6-8-13)15-11-23-18(28-15)10-9-17(25)24-14-3-1-2-4-16(14)29(26,27)19(21)22/h1-8,11,19H,9-10H2,(H,24,25). The lowest BCUT2D eigenvalue weighted by Crippen LogP contribution is -2.18. The van der Waals surface area contributed by atoms with Crippen molar-refractivity contribution in [1.29, 1.82) is 0 Å². The van der Waals surface area contributed by atoms with Crippen LogP contribution in [0.15, 0.2) is 64.0 Å². The summed E-state index contributed by atoms with van der Waals surface area (Å²) in [6.07, 6.45) is 1.41. The first kappa shape index (κ1) is 20.6. The number of hydrogen-bond donors (Lipinski definition) is 1. The number of carbonyl (C=O) groups is 1. The third-order valence-corrected chi connectivity index (χ3v) is 5.39. The molecule has 0 spiro atoms. The van der Waals surface area contributed by atoms with Crippen LogP contribution in [0.5, 0.6) is 0 Å². The van der Waals surface area contributed by atoms with Crippen molar-refractivity contribution in [3.63, 3.8) is 0 Å². The van der Waals surface area contributed by atoms with Crippen LogP contribution < -0.4 is 5.32 Å². The number of rotatable bonds is 7. The number of carbonyl (C=O) groups excluding carboxylic acids is 1. The minimum Gasteiger partial charge on any atom is -0.441 e. The van der Waals surface area contributed by atoms with E-state index in [1.54, 1.807) is 0 Å². The van der Waals surface area contributed by atoms with Crippen molar-refractivity contribution in [3.05, 3.63) is 66.4 Å². The van der Waals surface area contributed by atoms with Crippen LogP contribution in [-0.2, 0) is 21.1 Å². The van der Waals surface area contributed by atoms with Crippen molar-refractivity contribution in [3.8, 4) is 11.3 Å². The van der Waals surface area contributed by atoms with Gasteiger partial charge in [-0.05, 0) is 36.4 Å². The molecule has 0 saturated heterocycles. The monoisotopic (exact) mass is 424 g/mol. The summed E-state index contributed by atoms with van der Waals surface area (Å²) in [5.74, 6) is -3.94. The summed E-state index contributed by atoms with van der Waals surface area (Å²) in [5, 5.41) is 2.32. The number of halogens is 3. The average molecular weight is 424 g/mol. The normalized spacial score (nSPS) is 11.6. The van der Waals surface area contributed by atoms with Crippen molar-refractivity contribution in [2.75, 3.05) is 5.32 Å². The predicted molar refractivity (Wildman–Crippen MR) is 98.5 cm³/mol. The average Bonchev–Trinajstić information content (AvgIpc) is 3.16. The van der Waals surface area contributed by atoms with Crippen molar-refractivity contribution in [2.24, 2.45) is 0 Å². The van der Waals surface area contributed by atoms with Gasteiger partial charge in [0.25, 0.3) is 0 Å². The number of nitrogens with one attached hydrogen (secondary N) is 1. The topological polar surface area (TPSA) is 89.3 Å². The summed E-state index contributed by atoms with van der Waals surface area (Å²) < 4.78 is 67.5. The van der Waals surface area contributed by atoms with Gasteiger partial charge in [-0.15, -0.1) is 0 Å². The fourth-order valence-electron chi connectivity index (χ4n) is 2.52. The Bertz CT molecular complexity index is 1110. The lowest BCUT2D eigenvalue weighted by molar-refractivity contribution is -0.116. The van der Waals surface area contributed by atoms with Crippen molar-refractivity contribution in [1.82, 2.24) is 4.98 Å². The number of aromatic nitrogens is 1. The quantitative estimate of drug-likeness (QED) is 0.618. The zero-order chi connectivity index (χ0) is 21.0. The molecule has 0 saturated carbocycles. The van der Waals surface area contributed by atoms with Gasteiger partial charge in [-0.2, -0.15) is 8.78 Å². The summed E-state index contributed by atoms with van der Waals surface area (Å²) in [6.45, 7) is 0. The molecule has 0 fully saturated rings. The van der Waals surface area contributed by atoms with Crippen LogP contribution in [0.25, 0.3) is 11.3 Å². The second-order valence-corrected chi connectivity index (χ2v) is 7.86. The third kappa shape index (κ3) is 4.83. The van der Waals surface area contributed by atoms with Gasteiger partial charge in [0.1, 0.15) is 5.82 Å². The largest absolute Gasteiger partial charge is 0.441 e. The summed E-state index contributed by atoms with van der Waals surface area (Å²) >= 11 is 0. The maximum Gasteiger partial charge on any atom is 0.341 e. The highest BCUT2D eigenvalue weighted by Gasteiger charge is 2.29. The van der Waals surface area contributed by atoms with Gasteiger partial charge >= 0.3 is 5.76 Å². The SMILES string of the molecule is O=C(CCc1ncc(-c2ccc(F)cc2)o1)Nc1ccccc1S(=O)(=O)C(F)F. The fourth-order valence-corrected chi connectivity index (χ4v) is 3.41. The molecule has 0 unspecified atom stereocenters. The van der Waals surface area contributed by atoms with Gasteiger partial charge in [0.2, 0.25) is 15.7 Å². The van der Waals surface area contributed by atoms with E-state index in [0.29, 0.717) is 11.3 Å². The summed E-state index contributed by atoms with van der Waals surface area (Å²) in [6, 6.07) is 10.5. The second kappa shape index (κ2) is 8.48. The summed E-state index contributed by atoms with van der Waals surface area (Å²) in [7, 11) is -4.86.